The molecular weight excluding hydrogens is 481 g/mol. The Balaban J connectivity index is 1.45. The fourth-order valence-corrected chi connectivity index (χ4v) is 4.65. The van der Waals surface area contributed by atoms with Crippen LogP contribution in [0.4, 0.5) is 5.13 Å². The van der Waals surface area contributed by atoms with Crippen LogP contribution in [0.3, 0.4) is 0 Å². The molecule has 150 valence electrons. The number of carbonyl (C=O) groups is 2. The topological polar surface area (TPSA) is 71.1 Å². The van der Waals surface area contributed by atoms with E-state index in [-0.39, 0.29) is 11.8 Å². The quantitative estimate of drug-likeness (QED) is 0.353. The van der Waals surface area contributed by atoms with Crippen molar-refractivity contribution in [2.24, 2.45) is 0 Å². The molecule has 5 nitrogen and oxygen atoms in total. The molecular formula is C20H11Cl2N3O2S3. The minimum atomic E-state index is -0.279. The van der Waals surface area contributed by atoms with Gasteiger partial charge >= 0.3 is 0 Å². The van der Waals surface area contributed by atoms with Gasteiger partial charge in [0.15, 0.2) is 5.13 Å². The second kappa shape index (κ2) is 8.87. The lowest BCUT2D eigenvalue weighted by atomic mass is 10.1. The van der Waals surface area contributed by atoms with Gasteiger partial charge in [-0.25, -0.2) is 4.98 Å². The molecule has 0 aliphatic carbocycles. The number of thiazole rings is 1. The lowest BCUT2D eigenvalue weighted by molar-refractivity contribution is -0.115. The Bertz CT molecular complexity index is 1210. The Morgan fingerprint density at radius 2 is 1.90 bits per heavy atom. The van der Waals surface area contributed by atoms with E-state index in [9.17, 15) is 9.59 Å². The van der Waals surface area contributed by atoms with Crippen LogP contribution in [0, 0.1) is 0 Å². The first-order chi connectivity index (χ1) is 14.4. The van der Waals surface area contributed by atoms with Gasteiger partial charge in [0.25, 0.3) is 11.8 Å². The van der Waals surface area contributed by atoms with Crippen LogP contribution in [-0.4, -0.2) is 21.1 Å². The first kappa shape index (κ1) is 21.0. The van der Waals surface area contributed by atoms with Gasteiger partial charge in [0.05, 0.1) is 20.6 Å². The van der Waals surface area contributed by atoms with Crippen molar-refractivity contribution in [2.45, 2.75) is 0 Å². The number of halogens is 2. The largest absolute Gasteiger partial charge is 0.307 e. The molecule has 0 spiro atoms. The zero-order valence-electron chi connectivity index (χ0n) is 14.9. The number of rotatable bonds is 4. The Hall–Kier alpha value is -2.23. The third-order valence-electron chi connectivity index (χ3n) is 4.05. The number of hydrogen-bond acceptors (Lipinski definition) is 6. The highest BCUT2D eigenvalue weighted by Crippen LogP contribution is 2.31. The van der Waals surface area contributed by atoms with E-state index in [1.807, 2.05) is 11.4 Å². The maximum atomic E-state index is 12.5. The van der Waals surface area contributed by atoms with E-state index >= 15 is 0 Å². The van der Waals surface area contributed by atoms with Crippen LogP contribution in [0.5, 0.6) is 0 Å². The molecule has 2 N–H and O–H groups in total. The van der Waals surface area contributed by atoms with Crippen LogP contribution in [0.25, 0.3) is 17.3 Å². The van der Waals surface area contributed by atoms with E-state index in [1.165, 1.54) is 23.1 Å². The highest BCUT2D eigenvalue weighted by atomic mass is 35.5. The first-order valence-corrected chi connectivity index (χ1v) is 11.3. The van der Waals surface area contributed by atoms with Crippen molar-refractivity contribution in [1.29, 1.82) is 0 Å². The van der Waals surface area contributed by atoms with Crippen molar-refractivity contribution in [3.05, 3.63) is 73.9 Å². The zero-order valence-corrected chi connectivity index (χ0v) is 18.9. The molecule has 1 aromatic heterocycles. The van der Waals surface area contributed by atoms with Crippen LogP contribution in [0.2, 0.25) is 10.0 Å². The molecule has 2 aromatic carbocycles. The third kappa shape index (κ3) is 4.74. The summed E-state index contributed by atoms with van der Waals surface area (Å²) in [7, 11) is 0. The lowest BCUT2D eigenvalue weighted by Gasteiger charge is -2.03. The summed E-state index contributed by atoms with van der Waals surface area (Å²) < 4.78 is 0.436. The van der Waals surface area contributed by atoms with Gasteiger partial charge < -0.3 is 5.32 Å². The second-order valence-corrected chi connectivity index (χ2v) is 9.49. The van der Waals surface area contributed by atoms with Crippen molar-refractivity contribution in [1.82, 2.24) is 10.3 Å². The fraction of sp³-hybridized carbons (Fsp3) is 0. The predicted octanol–water partition coefficient (Wildman–Crippen LogP) is 5.86. The van der Waals surface area contributed by atoms with Crippen molar-refractivity contribution in [3.63, 3.8) is 0 Å². The molecule has 1 fully saturated rings. The van der Waals surface area contributed by atoms with E-state index in [2.05, 4.69) is 15.6 Å². The number of amides is 2. The third-order valence-corrected chi connectivity index (χ3v) is 6.71. The van der Waals surface area contributed by atoms with Crippen molar-refractivity contribution in [3.8, 4) is 11.3 Å². The summed E-state index contributed by atoms with van der Waals surface area (Å²) in [4.78, 5) is 29.2. The van der Waals surface area contributed by atoms with E-state index in [1.54, 1.807) is 42.5 Å². The zero-order chi connectivity index (χ0) is 21.3. The minimum absolute atomic E-state index is 0.214. The number of thiocarbonyl (C=S) groups is 1. The average molecular weight is 492 g/mol. The van der Waals surface area contributed by atoms with Crippen LogP contribution in [0.15, 0.2) is 52.7 Å². The van der Waals surface area contributed by atoms with E-state index in [4.69, 9.17) is 35.4 Å². The van der Waals surface area contributed by atoms with Gasteiger partial charge in [0.2, 0.25) is 0 Å². The summed E-state index contributed by atoms with van der Waals surface area (Å²) >= 11 is 19.5. The summed E-state index contributed by atoms with van der Waals surface area (Å²) in [5.74, 6) is -0.494. The minimum Gasteiger partial charge on any atom is -0.307 e. The smallest absolute Gasteiger partial charge is 0.263 e. The number of anilines is 1. The fourth-order valence-electron chi connectivity index (χ4n) is 2.59. The maximum Gasteiger partial charge on any atom is 0.263 e. The molecule has 2 amide bonds. The van der Waals surface area contributed by atoms with Crippen LogP contribution in [0.1, 0.15) is 15.9 Å². The number of nitrogens with one attached hydrogen (secondary N) is 2. The Morgan fingerprint density at radius 3 is 2.57 bits per heavy atom. The highest BCUT2D eigenvalue weighted by Gasteiger charge is 2.21. The molecule has 10 heteroatoms. The number of nitrogens with zero attached hydrogens (tertiary/aromatic N) is 1. The molecule has 4 rings (SSSR count). The van der Waals surface area contributed by atoms with Gasteiger partial charge in [-0.15, -0.1) is 11.3 Å². The number of thioether (sulfide) groups is 1. The van der Waals surface area contributed by atoms with Gasteiger partial charge in [-0.2, -0.15) is 0 Å². The standard InChI is InChI=1S/C20H11Cl2N3O2S3/c21-13-6-5-12(8-14(13)22)15-9-29-19(23-15)24-17(26)11-3-1-10(2-4-11)7-16-18(27)25-20(28)30-16/h1-9H,(H,23,24,26)(H,25,27,28). The van der Waals surface area contributed by atoms with Gasteiger partial charge in [-0.3, -0.25) is 14.9 Å². The van der Waals surface area contributed by atoms with Crippen LogP contribution < -0.4 is 10.6 Å². The van der Waals surface area contributed by atoms with E-state index < -0.39 is 0 Å². The number of aromatic nitrogens is 1. The van der Waals surface area contributed by atoms with E-state index in [0.29, 0.717) is 35.7 Å². The summed E-state index contributed by atoms with van der Waals surface area (Å²) in [6, 6.07) is 12.1. The van der Waals surface area contributed by atoms with Gasteiger partial charge in [0, 0.05) is 16.5 Å². The summed E-state index contributed by atoms with van der Waals surface area (Å²) in [5.41, 5.74) is 2.78. The Morgan fingerprint density at radius 1 is 1.13 bits per heavy atom. The lowest BCUT2D eigenvalue weighted by Crippen LogP contribution is -2.17. The van der Waals surface area contributed by atoms with Crippen LogP contribution in [-0.2, 0) is 4.79 Å². The SMILES string of the molecule is O=C1NC(=S)SC1=Cc1ccc(C(=O)Nc2nc(-c3ccc(Cl)c(Cl)c3)cs2)cc1. The molecule has 0 atom stereocenters. The van der Waals surface area contributed by atoms with Gasteiger partial charge in [-0.05, 0) is 35.9 Å². The molecule has 1 saturated heterocycles. The molecule has 0 saturated carbocycles. The normalized spacial score (nSPS) is 14.8. The number of carbonyl (C=O) groups excluding carboxylic acids is 2. The molecule has 0 radical (unpaired) electrons. The van der Waals surface area contributed by atoms with E-state index in [0.717, 1.165) is 11.1 Å². The molecule has 1 aliphatic heterocycles. The Labute approximate surface area is 195 Å². The van der Waals surface area contributed by atoms with Crippen molar-refractivity contribution < 1.29 is 9.59 Å². The molecule has 2 heterocycles. The van der Waals surface area contributed by atoms with Crippen molar-refractivity contribution >= 4 is 85.9 Å². The second-order valence-electron chi connectivity index (χ2n) is 6.10. The van der Waals surface area contributed by atoms with Gasteiger partial charge in [0.1, 0.15) is 4.32 Å². The molecule has 1 aliphatic rings. The Kier molecular flexibility index (Phi) is 6.21. The molecule has 0 bridgehead atoms. The van der Waals surface area contributed by atoms with Crippen LogP contribution >= 0.6 is 58.5 Å². The maximum absolute atomic E-state index is 12.5. The molecule has 3 aromatic rings. The summed E-state index contributed by atoms with van der Waals surface area (Å²) in [6.45, 7) is 0. The summed E-state index contributed by atoms with van der Waals surface area (Å²) in [6.07, 6.45) is 1.73. The van der Waals surface area contributed by atoms with Gasteiger partial charge in [-0.1, -0.05) is 65.4 Å². The van der Waals surface area contributed by atoms with Crippen molar-refractivity contribution in [2.75, 3.05) is 5.32 Å². The highest BCUT2D eigenvalue weighted by molar-refractivity contribution is 8.26. The summed E-state index contributed by atoms with van der Waals surface area (Å²) in [5, 5.41) is 8.57. The molecule has 30 heavy (non-hydrogen) atoms. The monoisotopic (exact) mass is 491 g/mol. The molecule has 0 unspecified atom stereocenters. The number of benzene rings is 2. The predicted molar refractivity (Wildman–Crippen MR) is 128 cm³/mol. The average Bonchev–Trinajstić information content (AvgIpc) is 3.30. The number of hydrogen-bond donors (Lipinski definition) is 2. The first-order valence-electron chi connectivity index (χ1n) is 8.46.